The molecule has 1 aromatic carbocycles. The lowest BCUT2D eigenvalue weighted by Gasteiger charge is -2.37. The van der Waals surface area contributed by atoms with Crippen molar-refractivity contribution in [1.82, 2.24) is 5.32 Å². The minimum atomic E-state index is -0.559. The fourth-order valence-electron chi connectivity index (χ4n) is 2.53. The van der Waals surface area contributed by atoms with Crippen LogP contribution in [0.25, 0.3) is 0 Å². The summed E-state index contributed by atoms with van der Waals surface area (Å²) in [6, 6.07) is 6.70. The first kappa shape index (κ1) is 15.1. The van der Waals surface area contributed by atoms with E-state index in [1.807, 2.05) is 0 Å². The third-order valence-corrected chi connectivity index (χ3v) is 4.24. The molecule has 1 aromatic rings. The number of amides is 2. The van der Waals surface area contributed by atoms with Crippen LogP contribution in [0, 0.1) is 0 Å². The number of urea groups is 1. The van der Waals surface area contributed by atoms with E-state index in [1.165, 1.54) is 0 Å². The standard InChI is InChI=1S/C14H18ClN3OS/c15-10-5-4-6-11(9-10)17-13(19)18-14(12(16)20)7-2-1-3-8-14/h4-6,9H,1-3,7-8H2,(H2,16,20)(H2,17,18,19). The second-order valence-corrected chi connectivity index (χ2v) is 5.97. The van der Waals surface area contributed by atoms with Crippen LogP contribution < -0.4 is 16.4 Å². The van der Waals surface area contributed by atoms with Crippen molar-refractivity contribution in [3.05, 3.63) is 29.3 Å². The van der Waals surface area contributed by atoms with E-state index in [4.69, 9.17) is 29.6 Å². The van der Waals surface area contributed by atoms with Gasteiger partial charge in [0.05, 0.1) is 10.5 Å². The van der Waals surface area contributed by atoms with E-state index in [1.54, 1.807) is 24.3 Å². The molecule has 2 rings (SSSR count). The Hall–Kier alpha value is -1.33. The molecule has 0 aromatic heterocycles. The Bertz CT molecular complexity index is 515. The number of carbonyl (C=O) groups is 1. The third kappa shape index (κ3) is 3.61. The molecule has 2 amide bonds. The Labute approximate surface area is 129 Å². The lowest BCUT2D eigenvalue weighted by Crippen LogP contribution is -2.58. The molecule has 1 saturated carbocycles. The number of nitrogens with two attached hydrogens (primary N) is 1. The van der Waals surface area contributed by atoms with Crippen molar-refractivity contribution in [2.45, 2.75) is 37.6 Å². The van der Waals surface area contributed by atoms with Crippen LogP contribution >= 0.6 is 23.8 Å². The summed E-state index contributed by atoms with van der Waals surface area (Å²) < 4.78 is 0. The SMILES string of the molecule is NC(=S)C1(NC(=O)Nc2cccc(Cl)c2)CCCCC1. The van der Waals surface area contributed by atoms with E-state index in [2.05, 4.69) is 10.6 Å². The maximum absolute atomic E-state index is 12.1. The van der Waals surface area contributed by atoms with Crippen molar-refractivity contribution in [2.75, 3.05) is 5.32 Å². The Morgan fingerprint density at radius 1 is 1.30 bits per heavy atom. The number of halogens is 1. The van der Waals surface area contributed by atoms with Crippen LogP contribution in [0.1, 0.15) is 32.1 Å². The highest BCUT2D eigenvalue weighted by Gasteiger charge is 2.36. The van der Waals surface area contributed by atoms with Crippen molar-refractivity contribution in [3.63, 3.8) is 0 Å². The summed E-state index contributed by atoms with van der Waals surface area (Å²) >= 11 is 11.0. The van der Waals surface area contributed by atoms with Gasteiger partial charge >= 0.3 is 6.03 Å². The Morgan fingerprint density at radius 3 is 2.60 bits per heavy atom. The van der Waals surface area contributed by atoms with E-state index in [0.717, 1.165) is 32.1 Å². The number of anilines is 1. The van der Waals surface area contributed by atoms with Crippen LogP contribution in [0.5, 0.6) is 0 Å². The molecule has 0 saturated heterocycles. The van der Waals surface area contributed by atoms with Crippen LogP contribution in [-0.4, -0.2) is 16.6 Å². The smallest absolute Gasteiger partial charge is 0.320 e. The molecule has 4 nitrogen and oxygen atoms in total. The second kappa shape index (κ2) is 6.41. The van der Waals surface area contributed by atoms with Gasteiger partial charge in [-0.1, -0.05) is 49.1 Å². The van der Waals surface area contributed by atoms with Gasteiger partial charge in [-0.3, -0.25) is 0 Å². The zero-order valence-corrected chi connectivity index (χ0v) is 12.7. The highest BCUT2D eigenvalue weighted by molar-refractivity contribution is 7.80. The highest BCUT2D eigenvalue weighted by atomic mass is 35.5. The molecule has 20 heavy (non-hydrogen) atoms. The largest absolute Gasteiger partial charge is 0.391 e. The summed E-state index contributed by atoms with van der Waals surface area (Å²) in [5.41, 5.74) is 5.92. The molecule has 4 N–H and O–H groups in total. The van der Waals surface area contributed by atoms with Crippen LogP contribution in [0.4, 0.5) is 10.5 Å². The van der Waals surface area contributed by atoms with Crippen LogP contribution in [0.3, 0.4) is 0 Å². The van der Waals surface area contributed by atoms with Gasteiger partial charge in [-0.05, 0) is 31.0 Å². The zero-order valence-electron chi connectivity index (χ0n) is 11.1. The van der Waals surface area contributed by atoms with Gasteiger partial charge in [0.2, 0.25) is 0 Å². The number of nitrogens with one attached hydrogen (secondary N) is 2. The Balaban J connectivity index is 2.03. The fourth-order valence-corrected chi connectivity index (χ4v) is 2.98. The van der Waals surface area contributed by atoms with E-state index >= 15 is 0 Å². The van der Waals surface area contributed by atoms with Gasteiger partial charge in [0.15, 0.2) is 0 Å². The number of benzene rings is 1. The predicted octanol–water partition coefficient (Wildman–Crippen LogP) is 3.45. The van der Waals surface area contributed by atoms with E-state index < -0.39 is 5.54 Å². The average molecular weight is 312 g/mol. The molecule has 108 valence electrons. The van der Waals surface area contributed by atoms with Crippen molar-refractivity contribution < 1.29 is 4.79 Å². The third-order valence-electron chi connectivity index (χ3n) is 3.61. The molecular formula is C14H18ClN3OS. The summed E-state index contributed by atoms with van der Waals surface area (Å²) in [6.07, 6.45) is 4.79. The second-order valence-electron chi connectivity index (χ2n) is 5.10. The number of rotatable bonds is 3. The van der Waals surface area contributed by atoms with Gasteiger partial charge in [0, 0.05) is 10.7 Å². The van der Waals surface area contributed by atoms with E-state index in [0.29, 0.717) is 15.7 Å². The quantitative estimate of drug-likeness (QED) is 0.749. The van der Waals surface area contributed by atoms with E-state index in [9.17, 15) is 4.79 Å². The molecule has 6 heteroatoms. The molecule has 0 radical (unpaired) electrons. The highest BCUT2D eigenvalue weighted by Crippen LogP contribution is 2.28. The van der Waals surface area contributed by atoms with Gasteiger partial charge in [0.1, 0.15) is 0 Å². The maximum Gasteiger partial charge on any atom is 0.320 e. The summed E-state index contributed by atoms with van der Waals surface area (Å²) in [6.45, 7) is 0. The minimum absolute atomic E-state index is 0.304. The zero-order chi connectivity index (χ0) is 14.6. The molecule has 0 bridgehead atoms. The van der Waals surface area contributed by atoms with Gasteiger partial charge in [-0.2, -0.15) is 0 Å². The van der Waals surface area contributed by atoms with Crippen molar-refractivity contribution in [3.8, 4) is 0 Å². The molecule has 0 atom stereocenters. The summed E-state index contributed by atoms with van der Waals surface area (Å²) in [7, 11) is 0. The number of thiocarbonyl (C=S) groups is 1. The fraction of sp³-hybridized carbons (Fsp3) is 0.429. The first-order chi connectivity index (χ1) is 9.52. The number of hydrogen-bond donors (Lipinski definition) is 3. The first-order valence-corrected chi connectivity index (χ1v) is 7.45. The van der Waals surface area contributed by atoms with Crippen LogP contribution in [0.2, 0.25) is 5.02 Å². The maximum atomic E-state index is 12.1. The van der Waals surface area contributed by atoms with Gasteiger partial charge in [-0.25, -0.2) is 4.79 Å². The molecule has 0 heterocycles. The average Bonchev–Trinajstić information content (AvgIpc) is 2.39. The lowest BCUT2D eigenvalue weighted by atomic mass is 9.81. The van der Waals surface area contributed by atoms with Gasteiger partial charge in [-0.15, -0.1) is 0 Å². The summed E-state index contributed by atoms with van der Waals surface area (Å²) in [5.74, 6) is 0. The van der Waals surface area contributed by atoms with E-state index in [-0.39, 0.29) is 6.03 Å². The summed E-state index contributed by atoms with van der Waals surface area (Å²) in [5, 5.41) is 6.27. The van der Waals surface area contributed by atoms with Crippen LogP contribution in [0.15, 0.2) is 24.3 Å². The van der Waals surface area contributed by atoms with Crippen LogP contribution in [-0.2, 0) is 0 Å². The molecule has 0 spiro atoms. The number of carbonyl (C=O) groups excluding carboxylic acids is 1. The summed E-state index contributed by atoms with van der Waals surface area (Å²) in [4.78, 5) is 12.5. The molecule has 0 unspecified atom stereocenters. The molecule has 1 aliphatic carbocycles. The van der Waals surface area contributed by atoms with Crippen molar-refractivity contribution in [2.24, 2.45) is 5.73 Å². The predicted molar refractivity (Wildman–Crippen MR) is 86.2 cm³/mol. The topological polar surface area (TPSA) is 67.1 Å². The van der Waals surface area contributed by atoms with Gasteiger partial charge in [0.25, 0.3) is 0 Å². The Kier molecular flexibility index (Phi) is 4.83. The minimum Gasteiger partial charge on any atom is -0.391 e. The molecule has 1 aliphatic rings. The molecule has 0 aliphatic heterocycles. The van der Waals surface area contributed by atoms with Crippen molar-refractivity contribution >= 4 is 40.5 Å². The Morgan fingerprint density at radius 2 is 2.00 bits per heavy atom. The lowest BCUT2D eigenvalue weighted by molar-refractivity contribution is 0.236. The first-order valence-electron chi connectivity index (χ1n) is 6.66. The van der Waals surface area contributed by atoms with Crippen molar-refractivity contribution in [1.29, 1.82) is 0 Å². The monoisotopic (exact) mass is 311 g/mol. The normalized spacial score (nSPS) is 17.2. The number of hydrogen-bond acceptors (Lipinski definition) is 2. The molecule has 1 fully saturated rings. The van der Waals surface area contributed by atoms with Gasteiger partial charge < -0.3 is 16.4 Å². The molecular weight excluding hydrogens is 294 g/mol.